The number of nitrogens with one attached hydrogen (secondary N) is 1. The minimum atomic E-state index is -0.281. The van der Waals surface area contributed by atoms with Crippen molar-refractivity contribution in [2.45, 2.75) is 25.9 Å². The van der Waals surface area contributed by atoms with Crippen LogP contribution >= 0.6 is 11.3 Å². The largest absolute Gasteiger partial charge is 0.396 e. The molecular formula is C13H18N4O2S. The number of rotatable bonds is 3. The van der Waals surface area contributed by atoms with Gasteiger partial charge in [-0.15, -0.1) is 11.3 Å². The van der Waals surface area contributed by atoms with Gasteiger partial charge in [0.1, 0.15) is 21.5 Å². The summed E-state index contributed by atoms with van der Waals surface area (Å²) in [4.78, 5) is 14.3. The number of thiophene rings is 1. The standard InChI is InChI=1S/C13H18N4O2S/c1-2-16-12(19)11-10(15)9(7-14)13(20-11)17-5-3-8(18)4-6-17/h8,18H,2-6,15H2,1H3,(H,16,19). The number of nitrogens with two attached hydrogens (primary N) is 1. The predicted octanol–water partition coefficient (Wildman–Crippen LogP) is 0.913. The molecule has 1 aliphatic rings. The summed E-state index contributed by atoms with van der Waals surface area (Å²) in [5.41, 5.74) is 6.55. The van der Waals surface area contributed by atoms with Crippen LogP contribution in [0, 0.1) is 11.3 Å². The van der Waals surface area contributed by atoms with Crippen LogP contribution in [-0.2, 0) is 0 Å². The van der Waals surface area contributed by atoms with Crippen molar-refractivity contribution in [1.82, 2.24) is 5.32 Å². The molecule has 2 heterocycles. The molecule has 2 rings (SSSR count). The topological polar surface area (TPSA) is 102 Å². The summed E-state index contributed by atoms with van der Waals surface area (Å²) >= 11 is 1.25. The third-order valence-corrected chi connectivity index (χ3v) is 4.60. The van der Waals surface area contributed by atoms with Crippen LogP contribution in [0.1, 0.15) is 35.0 Å². The van der Waals surface area contributed by atoms with Crippen LogP contribution in [0.5, 0.6) is 0 Å². The van der Waals surface area contributed by atoms with Crippen molar-refractivity contribution >= 4 is 27.9 Å². The third kappa shape index (κ3) is 2.71. The van der Waals surface area contributed by atoms with Gasteiger partial charge in [0.15, 0.2) is 0 Å². The van der Waals surface area contributed by atoms with Gasteiger partial charge >= 0.3 is 0 Å². The van der Waals surface area contributed by atoms with Gasteiger partial charge in [-0.2, -0.15) is 5.26 Å². The number of nitrogen functional groups attached to an aromatic ring is 1. The first-order valence-electron chi connectivity index (χ1n) is 6.62. The lowest BCUT2D eigenvalue weighted by atomic mass is 10.1. The lowest BCUT2D eigenvalue weighted by Crippen LogP contribution is -2.35. The molecule has 1 aromatic heterocycles. The predicted molar refractivity (Wildman–Crippen MR) is 78.9 cm³/mol. The zero-order chi connectivity index (χ0) is 14.7. The van der Waals surface area contributed by atoms with Crippen LogP contribution in [0.2, 0.25) is 0 Å². The summed E-state index contributed by atoms with van der Waals surface area (Å²) in [7, 11) is 0. The Bertz CT molecular complexity index is 541. The first-order valence-corrected chi connectivity index (χ1v) is 7.43. The van der Waals surface area contributed by atoms with E-state index in [-0.39, 0.29) is 17.7 Å². The van der Waals surface area contributed by atoms with E-state index < -0.39 is 0 Å². The molecule has 0 spiro atoms. The van der Waals surface area contributed by atoms with Crippen LogP contribution in [-0.4, -0.2) is 36.8 Å². The highest BCUT2D eigenvalue weighted by Crippen LogP contribution is 2.38. The number of carbonyl (C=O) groups excluding carboxylic acids is 1. The first kappa shape index (κ1) is 14.6. The average molecular weight is 294 g/mol. The number of amides is 1. The highest BCUT2D eigenvalue weighted by molar-refractivity contribution is 7.19. The number of piperidine rings is 1. The maximum absolute atomic E-state index is 11.9. The van der Waals surface area contributed by atoms with E-state index in [1.54, 1.807) is 0 Å². The Kier molecular flexibility index (Phi) is 4.47. The summed E-state index contributed by atoms with van der Waals surface area (Å²) in [5.74, 6) is -0.241. The fourth-order valence-corrected chi connectivity index (χ4v) is 3.38. The average Bonchev–Trinajstić information content (AvgIpc) is 2.77. The highest BCUT2D eigenvalue weighted by atomic mass is 32.1. The van der Waals surface area contributed by atoms with E-state index in [1.807, 2.05) is 11.8 Å². The fraction of sp³-hybridized carbons (Fsp3) is 0.538. The molecule has 0 unspecified atom stereocenters. The molecule has 1 saturated heterocycles. The zero-order valence-corrected chi connectivity index (χ0v) is 12.2. The maximum atomic E-state index is 11.9. The van der Waals surface area contributed by atoms with Gasteiger partial charge in [-0.3, -0.25) is 4.79 Å². The summed E-state index contributed by atoms with van der Waals surface area (Å²) in [6.07, 6.45) is 1.05. The number of hydrogen-bond acceptors (Lipinski definition) is 6. The van der Waals surface area contributed by atoms with Crippen molar-refractivity contribution in [3.8, 4) is 6.07 Å². The van der Waals surface area contributed by atoms with Gasteiger partial charge in [-0.1, -0.05) is 0 Å². The summed E-state index contributed by atoms with van der Waals surface area (Å²) in [6.45, 7) is 3.69. The van der Waals surface area contributed by atoms with Crippen LogP contribution in [0.3, 0.4) is 0 Å². The summed E-state index contributed by atoms with van der Waals surface area (Å²) in [5, 5.41) is 22.3. The van der Waals surface area contributed by atoms with Crippen molar-refractivity contribution in [2.75, 3.05) is 30.3 Å². The number of nitriles is 1. The monoisotopic (exact) mass is 294 g/mol. The smallest absolute Gasteiger partial charge is 0.263 e. The second kappa shape index (κ2) is 6.11. The molecule has 1 aliphatic heterocycles. The van der Waals surface area contributed by atoms with Crippen LogP contribution < -0.4 is 16.0 Å². The molecule has 1 fully saturated rings. The van der Waals surface area contributed by atoms with E-state index in [9.17, 15) is 15.2 Å². The van der Waals surface area contributed by atoms with E-state index in [4.69, 9.17) is 5.73 Å². The lowest BCUT2D eigenvalue weighted by Gasteiger charge is -2.30. The molecule has 108 valence electrons. The number of anilines is 2. The van der Waals surface area contributed by atoms with E-state index in [1.165, 1.54) is 11.3 Å². The van der Waals surface area contributed by atoms with E-state index in [0.717, 1.165) is 5.00 Å². The van der Waals surface area contributed by atoms with E-state index >= 15 is 0 Å². The quantitative estimate of drug-likeness (QED) is 0.769. The molecule has 1 aromatic rings. The van der Waals surface area contributed by atoms with Gasteiger partial charge in [0.05, 0.1) is 11.8 Å². The van der Waals surface area contributed by atoms with E-state index in [2.05, 4.69) is 11.4 Å². The fourth-order valence-electron chi connectivity index (χ4n) is 2.24. The number of aliphatic hydroxyl groups is 1. The van der Waals surface area contributed by atoms with Gasteiger partial charge < -0.3 is 21.1 Å². The number of aliphatic hydroxyl groups excluding tert-OH is 1. The molecule has 4 N–H and O–H groups in total. The second-order valence-electron chi connectivity index (χ2n) is 4.71. The third-order valence-electron chi connectivity index (χ3n) is 3.33. The molecule has 0 saturated carbocycles. The van der Waals surface area contributed by atoms with Crippen LogP contribution in [0.4, 0.5) is 10.7 Å². The molecule has 0 bridgehead atoms. The molecule has 0 atom stereocenters. The Morgan fingerprint density at radius 1 is 1.60 bits per heavy atom. The zero-order valence-electron chi connectivity index (χ0n) is 11.3. The van der Waals surface area contributed by atoms with Gasteiger partial charge in [0.2, 0.25) is 0 Å². The van der Waals surface area contributed by atoms with Gasteiger partial charge in [0, 0.05) is 19.6 Å². The molecule has 7 heteroatoms. The lowest BCUT2D eigenvalue weighted by molar-refractivity contribution is 0.0960. The van der Waals surface area contributed by atoms with Gasteiger partial charge in [-0.05, 0) is 19.8 Å². The minimum Gasteiger partial charge on any atom is -0.396 e. The Balaban J connectivity index is 2.31. The SMILES string of the molecule is CCNC(=O)c1sc(N2CCC(O)CC2)c(C#N)c1N. The van der Waals surface area contributed by atoms with Crippen LogP contribution in [0.15, 0.2) is 0 Å². The highest BCUT2D eigenvalue weighted by Gasteiger charge is 2.26. The van der Waals surface area contributed by atoms with E-state index in [0.29, 0.717) is 42.9 Å². The Hall–Kier alpha value is -1.78. The molecule has 6 nitrogen and oxygen atoms in total. The molecular weight excluding hydrogens is 276 g/mol. The normalized spacial score (nSPS) is 15.9. The van der Waals surface area contributed by atoms with Crippen molar-refractivity contribution < 1.29 is 9.90 Å². The molecule has 0 aliphatic carbocycles. The summed E-state index contributed by atoms with van der Waals surface area (Å²) in [6, 6.07) is 2.09. The Morgan fingerprint density at radius 2 is 2.25 bits per heavy atom. The number of carbonyl (C=O) groups is 1. The van der Waals surface area contributed by atoms with Gasteiger partial charge in [0.25, 0.3) is 5.91 Å². The van der Waals surface area contributed by atoms with Gasteiger partial charge in [-0.25, -0.2) is 0 Å². The number of nitrogens with zero attached hydrogens (tertiary/aromatic N) is 2. The molecule has 1 amide bonds. The van der Waals surface area contributed by atoms with Crippen molar-refractivity contribution in [1.29, 1.82) is 5.26 Å². The maximum Gasteiger partial charge on any atom is 0.263 e. The second-order valence-corrected chi connectivity index (χ2v) is 5.71. The van der Waals surface area contributed by atoms with Crippen LogP contribution in [0.25, 0.3) is 0 Å². The minimum absolute atomic E-state index is 0.241. The van der Waals surface area contributed by atoms with Crippen molar-refractivity contribution in [2.24, 2.45) is 0 Å². The molecule has 20 heavy (non-hydrogen) atoms. The Morgan fingerprint density at radius 3 is 2.80 bits per heavy atom. The molecule has 0 aromatic carbocycles. The summed E-state index contributed by atoms with van der Waals surface area (Å²) < 4.78 is 0. The Labute approximate surface area is 121 Å². The van der Waals surface area contributed by atoms with Crippen molar-refractivity contribution in [3.05, 3.63) is 10.4 Å². The molecule has 0 radical (unpaired) electrons. The van der Waals surface area contributed by atoms with Crippen molar-refractivity contribution in [3.63, 3.8) is 0 Å². The first-order chi connectivity index (χ1) is 9.58. The number of hydrogen-bond donors (Lipinski definition) is 3.